The molecule has 1 heteroatoms. The maximum atomic E-state index is 8.56. The summed E-state index contributed by atoms with van der Waals surface area (Å²) < 4.78 is 13.4. The minimum atomic E-state index is -2.03. The molecular formula is C6H12O. The minimum Gasteiger partial charge on any atom is -0.396 e. The molecule has 0 aromatic rings. The molecule has 0 fully saturated rings. The van der Waals surface area contributed by atoms with Crippen LogP contribution in [0.5, 0.6) is 0 Å². The third-order valence-electron chi connectivity index (χ3n) is 0.664. The zero-order valence-corrected chi connectivity index (χ0v) is 4.57. The van der Waals surface area contributed by atoms with Crippen LogP contribution in [0.1, 0.15) is 22.5 Å². The summed E-state index contributed by atoms with van der Waals surface area (Å²) in [5.74, 6) is 0. The molecule has 0 bridgehead atoms. The summed E-state index contributed by atoms with van der Waals surface area (Å²) in [6.45, 7) is 3.36. The molecule has 0 aliphatic rings. The Morgan fingerprint density at radius 2 is 2.57 bits per heavy atom. The van der Waals surface area contributed by atoms with Gasteiger partial charge in [-0.2, -0.15) is 0 Å². The van der Waals surface area contributed by atoms with E-state index in [1.165, 1.54) is 0 Å². The third kappa shape index (κ3) is 5.70. The van der Waals surface area contributed by atoms with E-state index in [9.17, 15) is 0 Å². The van der Waals surface area contributed by atoms with E-state index in [0.717, 1.165) is 5.57 Å². The fraction of sp³-hybridized carbons (Fsp3) is 0.667. The van der Waals surface area contributed by atoms with Gasteiger partial charge in [0, 0.05) is 6.56 Å². The normalized spacial score (nSPS) is 15.1. The van der Waals surface area contributed by atoms with Crippen LogP contribution in [0, 0.1) is 0 Å². The topological polar surface area (TPSA) is 20.2 Å². The number of allylic oxidation sites excluding steroid dienone is 1. The molecule has 0 rings (SSSR count). The molecule has 0 amide bonds. The Hall–Kier alpha value is -0.300. The Bertz CT molecular complexity index is 104. The van der Waals surface area contributed by atoms with Crippen molar-refractivity contribution in [3.63, 3.8) is 0 Å². The van der Waals surface area contributed by atoms with Gasteiger partial charge < -0.3 is 5.11 Å². The molecule has 0 saturated heterocycles. The molecule has 0 saturated carbocycles. The van der Waals surface area contributed by atoms with Gasteiger partial charge in [0.05, 0.1) is 2.74 Å². The zero-order chi connectivity index (χ0) is 7.49. The molecule has 0 aliphatic heterocycles. The van der Waals surface area contributed by atoms with Crippen LogP contribution in [-0.4, -0.2) is 11.7 Å². The van der Waals surface area contributed by atoms with Crippen LogP contribution in [0.15, 0.2) is 12.2 Å². The molecule has 0 unspecified atom stereocenters. The van der Waals surface area contributed by atoms with Crippen LogP contribution in [0.4, 0.5) is 0 Å². The highest BCUT2D eigenvalue weighted by Crippen LogP contribution is 1.97. The van der Waals surface area contributed by atoms with Gasteiger partial charge in [0.2, 0.25) is 0 Å². The molecule has 0 atom stereocenters. The molecular weight excluding hydrogens is 88.1 g/mol. The van der Waals surface area contributed by atoms with Crippen molar-refractivity contribution in [1.29, 1.82) is 0 Å². The van der Waals surface area contributed by atoms with Gasteiger partial charge in [-0.3, -0.25) is 0 Å². The maximum Gasteiger partial charge on any atom is 0.0564 e. The van der Waals surface area contributed by atoms with E-state index in [1.807, 2.05) is 6.92 Å². The van der Waals surface area contributed by atoms with Crippen molar-refractivity contribution in [3.8, 4) is 0 Å². The van der Waals surface area contributed by atoms with Crippen molar-refractivity contribution in [2.24, 2.45) is 0 Å². The Balaban J connectivity index is 3.39. The first-order valence-electron chi connectivity index (χ1n) is 3.28. The third-order valence-corrected chi connectivity index (χ3v) is 0.664. The Labute approximate surface area is 47.5 Å². The van der Waals surface area contributed by atoms with Gasteiger partial charge >= 0.3 is 0 Å². The van der Waals surface area contributed by atoms with Gasteiger partial charge in [0.15, 0.2) is 0 Å². The summed E-state index contributed by atoms with van der Waals surface area (Å²) in [6.07, 6.45) is 0.686. The lowest BCUT2D eigenvalue weighted by atomic mass is 10.2. The highest BCUT2D eigenvalue weighted by atomic mass is 16.2. The van der Waals surface area contributed by atoms with E-state index >= 15 is 0 Å². The first-order chi connectivity index (χ1) is 3.92. The predicted octanol–water partition coefficient (Wildman–Crippen LogP) is 1.33. The van der Waals surface area contributed by atoms with E-state index in [2.05, 4.69) is 6.58 Å². The van der Waals surface area contributed by atoms with E-state index in [0.29, 0.717) is 6.42 Å². The molecule has 0 spiro atoms. The lowest BCUT2D eigenvalue weighted by Crippen LogP contribution is -1.81. The average Bonchev–Trinajstić information content (AvgIpc) is 1.59. The molecule has 0 heterocycles. The minimum absolute atomic E-state index is 0.141. The second kappa shape index (κ2) is 3.88. The second-order valence-electron chi connectivity index (χ2n) is 1.62. The second-order valence-corrected chi connectivity index (χ2v) is 1.62. The molecule has 1 nitrogen and oxygen atoms in total. The van der Waals surface area contributed by atoms with Crippen LogP contribution in [0.25, 0.3) is 0 Å². The molecule has 1 N–H and O–H groups in total. The summed E-state index contributed by atoms with van der Waals surface area (Å²) in [4.78, 5) is 0. The van der Waals surface area contributed by atoms with Gasteiger partial charge in [-0.05, 0) is 19.8 Å². The highest BCUT2D eigenvalue weighted by molar-refractivity contribution is 4.86. The van der Waals surface area contributed by atoms with Crippen LogP contribution < -0.4 is 0 Å². The molecule has 0 aliphatic carbocycles. The monoisotopic (exact) mass is 102 g/mol. The largest absolute Gasteiger partial charge is 0.396 e. The average molecular weight is 102 g/mol. The van der Waals surface area contributed by atoms with Crippen molar-refractivity contribution in [1.82, 2.24) is 0 Å². The van der Waals surface area contributed by atoms with Crippen molar-refractivity contribution in [2.75, 3.05) is 6.56 Å². The standard InChI is InChI=1S/C6H12O/c1-6(2)4-3-5-7/h7H,1,3-5H2,2H3/i5D2. The molecule has 42 valence electrons. The smallest absolute Gasteiger partial charge is 0.0564 e. The number of hydrogen-bond donors (Lipinski definition) is 1. The van der Waals surface area contributed by atoms with Gasteiger partial charge in [0.1, 0.15) is 0 Å². The van der Waals surface area contributed by atoms with Gasteiger partial charge in [-0.25, -0.2) is 0 Å². The first kappa shape index (κ1) is 3.67. The Morgan fingerprint density at radius 1 is 2.00 bits per heavy atom. The summed E-state index contributed by atoms with van der Waals surface area (Å²) in [5, 5.41) is 8.56. The molecule has 0 aromatic heterocycles. The number of rotatable bonds is 3. The molecule has 7 heavy (non-hydrogen) atoms. The van der Waals surface area contributed by atoms with Crippen molar-refractivity contribution >= 4 is 0 Å². The zero-order valence-electron chi connectivity index (χ0n) is 6.57. The fourth-order valence-electron chi connectivity index (χ4n) is 0.269. The lowest BCUT2D eigenvalue weighted by Gasteiger charge is -1.91. The summed E-state index contributed by atoms with van der Waals surface area (Å²) in [5.41, 5.74) is 0.896. The highest BCUT2D eigenvalue weighted by Gasteiger charge is 1.82. The Morgan fingerprint density at radius 3 is 2.71 bits per heavy atom. The van der Waals surface area contributed by atoms with E-state index < -0.39 is 6.56 Å². The first-order valence-corrected chi connectivity index (χ1v) is 2.28. The predicted molar refractivity (Wildman–Crippen MR) is 31.1 cm³/mol. The maximum absolute atomic E-state index is 8.56. The fourth-order valence-corrected chi connectivity index (χ4v) is 0.269. The summed E-state index contributed by atoms with van der Waals surface area (Å²) >= 11 is 0. The van der Waals surface area contributed by atoms with Crippen molar-refractivity contribution < 1.29 is 7.85 Å². The van der Waals surface area contributed by atoms with E-state index in [1.54, 1.807) is 0 Å². The van der Waals surface area contributed by atoms with Gasteiger partial charge in [-0.15, -0.1) is 6.58 Å². The Kier molecular flexibility index (Phi) is 2.03. The quantitative estimate of drug-likeness (QED) is 0.533. The van der Waals surface area contributed by atoms with Gasteiger partial charge in [0.25, 0.3) is 0 Å². The van der Waals surface area contributed by atoms with Crippen LogP contribution in [0.3, 0.4) is 0 Å². The SMILES string of the molecule is [2H]C([2H])(O)CCC(=C)C. The van der Waals surface area contributed by atoms with Crippen molar-refractivity contribution in [2.45, 2.75) is 19.8 Å². The van der Waals surface area contributed by atoms with Gasteiger partial charge in [-0.1, -0.05) is 5.57 Å². The molecule has 0 aromatic carbocycles. The van der Waals surface area contributed by atoms with E-state index in [-0.39, 0.29) is 6.42 Å². The lowest BCUT2D eigenvalue weighted by molar-refractivity contribution is 0.288. The number of hydrogen-bond acceptors (Lipinski definition) is 1. The summed E-state index contributed by atoms with van der Waals surface area (Å²) in [7, 11) is 0. The van der Waals surface area contributed by atoms with Crippen LogP contribution >= 0.6 is 0 Å². The van der Waals surface area contributed by atoms with Crippen LogP contribution in [0.2, 0.25) is 0 Å². The van der Waals surface area contributed by atoms with Crippen molar-refractivity contribution in [3.05, 3.63) is 12.2 Å². The molecule has 0 radical (unpaired) electrons. The van der Waals surface area contributed by atoms with Crippen LogP contribution in [-0.2, 0) is 0 Å². The number of aliphatic hydroxyl groups is 1. The summed E-state index contributed by atoms with van der Waals surface area (Å²) in [6, 6.07) is 0. The van der Waals surface area contributed by atoms with E-state index in [4.69, 9.17) is 7.85 Å².